The molecular weight excluding hydrogens is 240 g/mol. The quantitative estimate of drug-likeness (QED) is 0.898. The molecule has 0 spiro atoms. The number of fused-ring (bicyclic) bond motifs is 1. The summed E-state index contributed by atoms with van der Waals surface area (Å²) in [6, 6.07) is 6.23. The Morgan fingerprint density at radius 3 is 2.79 bits per heavy atom. The minimum Gasteiger partial charge on any atom is -0.481 e. The van der Waals surface area contributed by atoms with E-state index in [-0.39, 0.29) is 11.8 Å². The highest BCUT2D eigenvalue weighted by atomic mass is 16.4. The monoisotopic (exact) mass is 260 g/mol. The van der Waals surface area contributed by atoms with Crippen LogP contribution in [0.15, 0.2) is 24.5 Å². The van der Waals surface area contributed by atoms with E-state index in [4.69, 9.17) is 5.11 Å². The van der Waals surface area contributed by atoms with E-state index in [2.05, 4.69) is 48.5 Å². The number of rotatable bonds is 5. The molecule has 0 atom stereocenters. The molecule has 2 aromatic rings. The first-order chi connectivity index (χ1) is 8.94. The van der Waals surface area contributed by atoms with Gasteiger partial charge in [-0.1, -0.05) is 19.9 Å². The van der Waals surface area contributed by atoms with E-state index < -0.39 is 5.97 Å². The molecule has 0 amide bonds. The molecule has 0 saturated heterocycles. The van der Waals surface area contributed by atoms with Gasteiger partial charge in [0.25, 0.3) is 0 Å². The largest absolute Gasteiger partial charge is 0.481 e. The highest BCUT2D eigenvalue weighted by Gasteiger charge is 2.22. The number of aliphatic carboxylic acids is 1. The van der Waals surface area contributed by atoms with Crippen molar-refractivity contribution in [1.29, 1.82) is 0 Å². The molecule has 0 saturated carbocycles. The molecule has 0 aliphatic rings. The second kappa shape index (κ2) is 5.03. The molecule has 0 aliphatic carbocycles. The molecule has 19 heavy (non-hydrogen) atoms. The predicted molar refractivity (Wildman–Crippen MR) is 75.3 cm³/mol. The first-order valence-corrected chi connectivity index (χ1v) is 6.61. The van der Waals surface area contributed by atoms with Crippen LogP contribution in [0.2, 0.25) is 0 Å². The number of aromatic nitrogens is 2. The zero-order valence-electron chi connectivity index (χ0n) is 11.7. The SMILES string of the molecule is CCn1cnc2cc(C(C)(C)CCC(=O)O)ccc21. The highest BCUT2D eigenvalue weighted by molar-refractivity contribution is 5.76. The molecule has 0 unspecified atom stereocenters. The molecule has 102 valence electrons. The van der Waals surface area contributed by atoms with Gasteiger partial charge in [0.2, 0.25) is 0 Å². The first kappa shape index (κ1) is 13.6. The van der Waals surface area contributed by atoms with Crippen LogP contribution in [0.3, 0.4) is 0 Å². The zero-order chi connectivity index (χ0) is 14.0. The number of carbonyl (C=O) groups is 1. The van der Waals surface area contributed by atoms with E-state index in [1.807, 2.05) is 6.33 Å². The molecule has 1 N–H and O–H groups in total. The summed E-state index contributed by atoms with van der Waals surface area (Å²) in [5, 5.41) is 8.82. The lowest BCUT2D eigenvalue weighted by Crippen LogP contribution is -2.18. The summed E-state index contributed by atoms with van der Waals surface area (Å²) in [4.78, 5) is 15.1. The van der Waals surface area contributed by atoms with Crippen molar-refractivity contribution in [3.05, 3.63) is 30.1 Å². The Kier molecular flexibility index (Phi) is 3.60. The lowest BCUT2D eigenvalue weighted by molar-refractivity contribution is -0.137. The van der Waals surface area contributed by atoms with Crippen molar-refractivity contribution in [2.45, 2.75) is 45.6 Å². The summed E-state index contributed by atoms with van der Waals surface area (Å²) < 4.78 is 2.10. The van der Waals surface area contributed by atoms with E-state index in [0.717, 1.165) is 23.1 Å². The van der Waals surface area contributed by atoms with Gasteiger partial charge in [0.05, 0.1) is 17.4 Å². The van der Waals surface area contributed by atoms with E-state index in [1.165, 1.54) is 0 Å². The first-order valence-electron chi connectivity index (χ1n) is 6.61. The third-order valence-electron chi connectivity index (χ3n) is 3.71. The summed E-state index contributed by atoms with van der Waals surface area (Å²) in [5.41, 5.74) is 3.09. The van der Waals surface area contributed by atoms with Gasteiger partial charge < -0.3 is 9.67 Å². The van der Waals surface area contributed by atoms with Gasteiger partial charge in [0.1, 0.15) is 0 Å². The van der Waals surface area contributed by atoms with Crippen LogP contribution in [0, 0.1) is 0 Å². The van der Waals surface area contributed by atoms with Gasteiger partial charge in [0.15, 0.2) is 0 Å². The van der Waals surface area contributed by atoms with Gasteiger partial charge in [-0.2, -0.15) is 0 Å². The molecule has 4 nitrogen and oxygen atoms in total. The van der Waals surface area contributed by atoms with E-state index >= 15 is 0 Å². The van der Waals surface area contributed by atoms with Gasteiger partial charge >= 0.3 is 5.97 Å². The minimum atomic E-state index is -0.746. The maximum Gasteiger partial charge on any atom is 0.303 e. The maximum absolute atomic E-state index is 10.7. The Hall–Kier alpha value is -1.84. The Bertz CT molecular complexity index is 599. The second-order valence-electron chi connectivity index (χ2n) is 5.51. The van der Waals surface area contributed by atoms with Crippen LogP contribution in [-0.2, 0) is 16.8 Å². The molecule has 0 fully saturated rings. The third kappa shape index (κ3) is 2.78. The van der Waals surface area contributed by atoms with Crippen molar-refractivity contribution < 1.29 is 9.90 Å². The molecular formula is C15H20N2O2. The molecule has 1 heterocycles. The third-order valence-corrected chi connectivity index (χ3v) is 3.71. The van der Waals surface area contributed by atoms with Gasteiger partial charge in [-0.05, 0) is 36.5 Å². The Morgan fingerprint density at radius 1 is 1.42 bits per heavy atom. The number of imidazole rings is 1. The highest BCUT2D eigenvalue weighted by Crippen LogP contribution is 2.30. The Balaban J connectivity index is 2.32. The van der Waals surface area contributed by atoms with E-state index in [0.29, 0.717) is 6.42 Å². The zero-order valence-corrected chi connectivity index (χ0v) is 11.7. The normalized spacial score (nSPS) is 11.9. The van der Waals surface area contributed by atoms with E-state index in [1.54, 1.807) is 0 Å². The van der Waals surface area contributed by atoms with Crippen LogP contribution >= 0.6 is 0 Å². The Morgan fingerprint density at radius 2 is 2.16 bits per heavy atom. The van der Waals surface area contributed by atoms with Crippen LogP contribution < -0.4 is 0 Å². The van der Waals surface area contributed by atoms with Gasteiger partial charge in [0, 0.05) is 13.0 Å². The molecule has 1 aromatic heterocycles. The molecule has 2 rings (SSSR count). The van der Waals surface area contributed by atoms with Crippen LogP contribution in [0.5, 0.6) is 0 Å². The van der Waals surface area contributed by atoms with Crippen molar-refractivity contribution >= 4 is 17.0 Å². The average Bonchev–Trinajstić information content (AvgIpc) is 2.78. The number of aryl methyl sites for hydroxylation is 1. The van der Waals surface area contributed by atoms with Crippen molar-refractivity contribution in [2.24, 2.45) is 0 Å². The lowest BCUT2D eigenvalue weighted by atomic mass is 9.80. The number of hydrogen-bond acceptors (Lipinski definition) is 2. The second-order valence-corrected chi connectivity index (χ2v) is 5.51. The summed E-state index contributed by atoms with van der Waals surface area (Å²) >= 11 is 0. The predicted octanol–water partition coefficient (Wildman–Crippen LogP) is 3.20. The standard InChI is InChI=1S/C15H20N2O2/c1-4-17-10-16-12-9-11(5-6-13(12)17)15(2,3)8-7-14(18)19/h5-6,9-10H,4,7-8H2,1-3H3,(H,18,19). The Labute approximate surface area is 113 Å². The summed E-state index contributed by atoms with van der Waals surface area (Å²) in [6.45, 7) is 7.14. The topological polar surface area (TPSA) is 55.1 Å². The lowest BCUT2D eigenvalue weighted by Gasteiger charge is -2.24. The molecule has 0 bridgehead atoms. The fraction of sp³-hybridized carbons (Fsp3) is 0.467. The van der Waals surface area contributed by atoms with Crippen LogP contribution in [0.25, 0.3) is 11.0 Å². The minimum absolute atomic E-state index is 0.150. The molecule has 0 radical (unpaired) electrons. The van der Waals surface area contributed by atoms with Gasteiger partial charge in [-0.25, -0.2) is 4.98 Å². The van der Waals surface area contributed by atoms with Crippen LogP contribution in [0.4, 0.5) is 0 Å². The van der Waals surface area contributed by atoms with E-state index in [9.17, 15) is 4.79 Å². The van der Waals surface area contributed by atoms with Crippen LogP contribution in [0.1, 0.15) is 39.2 Å². The van der Waals surface area contributed by atoms with Gasteiger partial charge in [-0.3, -0.25) is 4.79 Å². The number of hydrogen-bond donors (Lipinski definition) is 1. The molecule has 1 aromatic carbocycles. The maximum atomic E-state index is 10.7. The molecule has 4 heteroatoms. The number of benzene rings is 1. The van der Waals surface area contributed by atoms with Gasteiger partial charge in [-0.15, -0.1) is 0 Å². The summed E-state index contributed by atoms with van der Waals surface area (Å²) in [6.07, 6.45) is 2.66. The number of carboxylic acids is 1. The van der Waals surface area contributed by atoms with Crippen molar-refractivity contribution in [3.8, 4) is 0 Å². The number of carboxylic acid groups (broad SMARTS) is 1. The molecule has 0 aliphatic heterocycles. The fourth-order valence-electron chi connectivity index (χ4n) is 2.30. The number of nitrogens with zero attached hydrogens (tertiary/aromatic N) is 2. The van der Waals surface area contributed by atoms with Crippen molar-refractivity contribution in [2.75, 3.05) is 0 Å². The summed E-state index contributed by atoms with van der Waals surface area (Å²) in [5.74, 6) is -0.746. The summed E-state index contributed by atoms with van der Waals surface area (Å²) in [7, 11) is 0. The fourth-order valence-corrected chi connectivity index (χ4v) is 2.30. The van der Waals surface area contributed by atoms with Crippen LogP contribution in [-0.4, -0.2) is 20.6 Å². The van der Waals surface area contributed by atoms with Crippen molar-refractivity contribution in [3.63, 3.8) is 0 Å². The van der Waals surface area contributed by atoms with Crippen molar-refractivity contribution in [1.82, 2.24) is 9.55 Å². The average molecular weight is 260 g/mol. The smallest absolute Gasteiger partial charge is 0.303 e.